The normalized spacial score (nSPS) is 14.6. The van der Waals surface area contributed by atoms with E-state index < -0.39 is 47.9 Å². The highest BCUT2D eigenvalue weighted by atomic mass is 32.2. The van der Waals surface area contributed by atoms with E-state index in [4.69, 9.17) is 5.11 Å². The summed E-state index contributed by atoms with van der Waals surface area (Å²) in [5.74, 6) is -8.23. The number of ether oxygens (including phenoxy) is 1. The highest BCUT2D eigenvalue weighted by molar-refractivity contribution is 7.95. The monoisotopic (exact) mass is 326 g/mol. The lowest BCUT2D eigenvalue weighted by Gasteiger charge is -2.30. The maximum Gasteiger partial charge on any atom is 0.437 e. The minimum Gasteiger partial charge on any atom is -0.481 e. The van der Waals surface area contributed by atoms with Gasteiger partial charge in [0.1, 0.15) is 18.6 Å². The summed E-state index contributed by atoms with van der Waals surface area (Å²) in [6.07, 6.45) is -15.2. The highest BCUT2D eigenvalue weighted by Crippen LogP contribution is 2.50. The Morgan fingerprint density at radius 3 is 1.74 bits per heavy atom. The zero-order chi connectivity index (χ0) is 15.7. The fourth-order valence-corrected chi connectivity index (χ4v) is 0.764. The molecule has 0 aromatic rings. The van der Waals surface area contributed by atoms with Gasteiger partial charge < -0.3 is 5.11 Å². The average Bonchev–Trinajstić information content (AvgIpc) is 2.13. The third-order valence-electron chi connectivity index (χ3n) is 1.49. The van der Waals surface area contributed by atoms with Crippen molar-refractivity contribution in [3.63, 3.8) is 0 Å². The molecule has 19 heavy (non-hydrogen) atoms. The molecule has 0 aliphatic carbocycles. The second-order valence-corrected chi connectivity index (χ2v) is 3.67. The number of carbonyl (C=O) groups is 1. The van der Waals surface area contributed by atoms with Crippen LogP contribution in [0.2, 0.25) is 0 Å². The van der Waals surface area contributed by atoms with E-state index in [1.54, 1.807) is 0 Å². The zero-order valence-electron chi connectivity index (χ0n) is 8.28. The number of halogens is 9. The van der Waals surface area contributed by atoms with Crippen LogP contribution in [0.4, 0.5) is 39.0 Å². The number of aliphatic carboxylic acids is 1. The number of hydrogen-bond donors (Lipinski definition) is 1. The van der Waals surface area contributed by atoms with Crippen molar-refractivity contribution in [3.8, 4) is 0 Å². The Hall–Kier alpha value is -0.850. The van der Waals surface area contributed by atoms with Gasteiger partial charge in [0, 0.05) is 0 Å². The van der Waals surface area contributed by atoms with Gasteiger partial charge in [-0.15, -0.1) is 0 Å². The predicted molar refractivity (Wildman–Crippen MR) is 41.8 cm³/mol. The number of hydrogen-bond acceptors (Lipinski definition) is 3. The number of carboxylic acids is 1. The minimum absolute atomic E-state index is 1.96. The molecule has 1 N–H and O–H groups in total. The van der Waals surface area contributed by atoms with Crippen molar-refractivity contribution < 1.29 is 53.6 Å². The van der Waals surface area contributed by atoms with Crippen LogP contribution >= 0.6 is 12.1 Å². The minimum atomic E-state index is -6.29. The lowest BCUT2D eigenvalue weighted by Crippen LogP contribution is -2.52. The molecule has 0 spiro atoms. The van der Waals surface area contributed by atoms with Gasteiger partial charge in [-0.1, -0.05) is 0 Å². The summed E-state index contributed by atoms with van der Waals surface area (Å²) in [6.45, 7) is 0. The van der Waals surface area contributed by atoms with Gasteiger partial charge in [-0.2, -0.15) is 39.0 Å². The molecule has 0 atom stereocenters. The van der Waals surface area contributed by atoms with Crippen LogP contribution in [0.5, 0.6) is 0 Å². The molecule has 0 amide bonds. The summed E-state index contributed by atoms with van der Waals surface area (Å²) in [5, 5.41) is 1.98. The van der Waals surface area contributed by atoms with E-state index in [9.17, 15) is 43.8 Å². The van der Waals surface area contributed by atoms with Crippen LogP contribution in [-0.2, 0) is 9.53 Å². The van der Waals surface area contributed by atoms with E-state index in [0.717, 1.165) is 0 Å². The van der Waals surface area contributed by atoms with Gasteiger partial charge in [0.25, 0.3) is 0 Å². The Bertz CT molecular complexity index is 345. The fourth-order valence-electron chi connectivity index (χ4n) is 0.633. The molecule has 0 aromatic carbocycles. The summed E-state index contributed by atoms with van der Waals surface area (Å²) in [4.78, 5) is 9.81. The van der Waals surface area contributed by atoms with Crippen LogP contribution in [-0.4, -0.2) is 34.5 Å². The summed E-state index contributed by atoms with van der Waals surface area (Å²) in [6, 6.07) is 0. The van der Waals surface area contributed by atoms with Gasteiger partial charge in [-0.3, -0.25) is 4.79 Å². The molecule has 3 nitrogen and oxygen atoms in total. The van der Waals surface area contributed by atoms with E-state index >= 15 is 0 Å². The van der Waals surface area contributed by atoms with Crippen LogP contribution in [0.3, 0.4) is 0 Å². The third kappa shape index (κ3) is 4.06. The maximum absolute atomic E-state index is 12.5. The molecule has 0 aliphatic heterocycles. The van der Waals surface area contributed by atoms with Gasteiger partial charge in [-0.25, -0.2) is 4.74 Å². The Morgan fingerprint density at radius 2 is 1.42 bits per heavy atom. The summed E-state index contributed by atoms with van der Waals surface area (Å²) < 4.78 is 113. The molecule has 0 aliphatic rings. The predicted octanol–water partition coefficient (Wildman–Crippen LogP) is 3.51. The molecule has 0 rings (SSSR count). The number of carboxylic acid groups (broad SMARTS) is 1. The fraction of sp³-hybridized carbons (Fsp3) is 0.833. The van der Waals surface area contributed by atoms with E-state index in [1.165, 1.54) is 0 Å². The number of alkyl halides is 8. The Labute approximate surface area is 103 Å². The topological polar surface area (TPSA) is 46.5 Å². The van der Waals surface area contributed by atoms with Crippen molar-refractivity contribution in [3.05, 3.63) is 0 Å². The first-order valence-corrected chi connectivity index (χ1v) is 4.63. The van der Waals surface area contributed by atoms with Crippen molar-refractivity contribution in [1.82, 2.24) is 0 Å². The lowest BCUT2D eigenvalue weighted by atomic mass is 10.2. The molecule has 13 heteroatoms. The summed E-state index contributed by atoms with van der Waals surface area (Å²) in [7, 11) is 0. The first-order valence-electron chi connectivity index (χ1n) is 3.91. The van der Waals surface area contributed by atoms with Gasteiger partial charge in [0.05, 0.1) is 0 Å². The Kier molecular flexibility index (Phi) is 5.03. The van der Waals surface area contributed by atoms with Gasteiger partial charge in [-0.05, 0) is 0 Å². The van der Waals surface area contributed by atoms with Crippen LogP contribution in [0.15, 0.2) is 0 Å². The molecule has 0 saturated carbocycles. The van der Waals surface area contributed by atoms with Crippen molar-refractivity contribution in [1.29, 1.82) is 0 Å². The van der Waals surface area contributed by atoms with E-state index in [1.807, 2.05) is 4.74 Å². The second kappa shape index (κ2) is 5.26. The standard InChI is InChI=1S/C6H3F9O3S/c7-3(8,1-2(16)17)4(9,10)18-5(11,12)6(13,14)19-15/h1H2,(H,16,17). The molecule has 0 radical (unpaired) electrons. The zero-order valence-corrected chi connectivity index (χ0v) is 9.10. The van der Waals surface area contributed by atoms with Crippen molar-refractivity contribution in [2.45, 2.75) is 29.8 Å². The quantitative estimate of drug-likeness (QED) is 0.727. The molecule has 0 unspecified atom stereocenters. The largest absolute Gasteiger partial charge is 0.481 e. The van der Waals surface area contributed by atoms with Crippen molar-refractivity contribution >= 4 is 18.1 Å². The van der Waals surface area contributed by atoms with Crippen LogP contribution in [0.1, 0.15) is 6.42 Å². The first-order chi connectivity index (χ1) is 8.18. The molecular formula is C6H3F9O3S. The molecule has 0 aromatic heterocycles. The molecule has 0 bridgehead atoms. The Morgan fingerprint density at radius 1 is 1.00 bits per heavy atom. The molecule has 0 saturated heterocycles. The lowest BCUT2D eigenvalue weighted by molar-refractivity contribution is -0.454. The van der Waals surface area contributed by atoms with Crippen LogP contribution < -0.4 is 0 Å². The maximum atomic E-state index is 12.5. The van der Waals surface area contributed by atoms with Crippen LogP contribution in [0.25, 0.3) is 0 Å². The Balaban J connectivity index is 5.20. The van der Waals surface area contributed by atoms with Crippen LogP contribution in [0, 0.1) is 0 Å². The van der Waals surface area contributed by atoms with Crippen molar-refractivity contribution in [2.24, 2.45) is 0 Å². The smallest absolute Gasteiger partial charge is 0.437 e. The van der Waals surface area contributed by atoms with Gasteiger partial charge >= 0.3 is 29.4 Å². The summed E-state index contributed by atoms with van der Waals surface area (Å²) in [5.41, 5.74) is 0. The second-order valence-electron chi connectivity index (χ2n) is 3.00. The molecule has 0 fully saturated rings. The van der Waals surface area contributed by atoms with Crippen molar-refractivity contribution in [2.75, 3.05) is 0 Å². The first kappa shape index (κ1) is 18.1. The average molecular weight is 326 g/mol. The van der Waals surface area contributed by atoms with E-state index in [2.05, 4.69) is 0 Å². The highest BCUT2D eigenvalue weighted by Gasteiger charge is 2.70. The SMILES string of the molecule is O=C(O)CC(F)(F)C(F)(F)OC(F)(F)C(F)(F)SF. The van der Waals surface area contributed by atoms with Gasteiger partial charge in [0.15, 0.2) is 0 Å². The molecule has 0 heterocycles. The third-order valence-corrected chi connectivity index (χ3v) is 1.92. The number of rotatable bonds is 7. The molecule has 114 valence electrons. The van der Waals surface area contributed by atoms with Gasteiger partial charge in [0.2, 0.25) is 0 Å². The van der Waals surface area contributed by atoms with E-state index in [0.29, 0.717) is 0 Å². The molecular weight excluding hydrogens is 323 g/mol. The summed E-state index contributed by atoms with van der Waals surface area (Å²) >= 11 is -2.40. The van der Waals surface area contributed by atoms with E-state index in [-0.39, 0.29) is 0 Å².